The van der Waals surface area contributed by atoms with Crippen LogP contribution >= 0.6 is 0 Å². The molecule has 1 aliphatic carbocycles. The molecule has 1 saturated carbocycles. The quantitative estimate of drug-likeness (QED) is 0.118. The average Bonchev–Trinajstić information content (AvgIpc) is 3.55. The number of rotatable bonds is 7. The molecule has 0 saturated heterocycles. The summed E-state index contributed by atoms with van der Waals surface area (Å²) in [6.07, 6.45) is 12.0. The summed E-state index contributed by atoms with van der Waals surface area (Å²) in [4.78, 5) is 9.42. The Bertz CT molecular complexity index is 2230. The zero-order valence-corrected chi connectivity index (χ0v) is 34.4. The minimum Gasteiger partial charge on any atom is -0.501 e. The van der Waals surface area contributed by atoms with Crippen LogP contribution in [0, 0.1) is 18.1 Å². The monoisotopic (exact) mass is 877 g/mol. The van der Waals surface area contributed by atoms with E-state index in [1.165, 1.54) is 54.0 Å². The van der Waals surface area contributed by atoms with Crippen molar-refractivity contribution in [3.05, 3.63) is 150 Å². The van der Waals surface area contributed by atoms with Gasteiger partial charge < -0.3 is 14.4 Å². The Hall–Kier alpha value is -4.15. The van der Waals surface area contributed by atoms with Gasteiger partial charge in [-0.25, -0.2) is 0 Å². The summed E-state index contributed by atoms with van der Waals surface area (Å²) >= 11 is 0. The third-order valence-corrected chi connectivity index (χ3v) is 12.6. The van der Waals surface area contributed by atoms with Gasteiger partial charge in [0.2, 0.25) is 0 Å². The van der Waals surface area contributed by atoms with Gasteiger partial charge in [0.25, 0.3) is 0 Å². The molecule has 1 aliphatic rings. The van der Waals surface area contributed by atoms with Crippen LogP contribution in [-0.2, 0) is 31.9 Å². The summed E-state index contributed by atoms with van der Waals surface area (Å²) in [5, 5.41) is 3.67. The number of hydrogen-bond acceptors (Lipinski definition) is 3. The van der Waals surface area contributed by atoms with E-state index in [4.69, 9.17) is 9.40 Å². The molecular formula is C47H48IrN2OSi-2. The number of aromatic nitrogens is 2. The minimum absolute atomic E-state index is 0. The Balaban J connectivity index is 0.000000175. The van der Waals surface area contributed by atoms with Crippen LogP contribution in [0.25, 0.3) is 44.5 Å². The Labute approximate surface area is 324 Å². The molecule has 7 aromatic rings. The fourth-order valence-corrected chi connectivity index (χ4v) is 8.54. The summed E-state index contributed by atoms with van der Waals surface area (Å²) in [5.74, 6) is 0.824. The van der Waals surface area contributed by atoms with E-state index in [2.05, 4.69) is 142 Å². The number of pyridine rings is 2. The van der Waals surface area contributed by atoms with Gasteiger partial charge in [-0.2, -0.15) is 0 Å². The maximum absolute atomic E-state index is 6.16. The second kappa shape index (κ2) is 16.2. The Morgan fingerprint density at radius 2 is 1.48 bits per heavy atom. The van der Waals surface area contributed by atoms with Crippen molar-refractivity contribution in [3.63, 3.8) is 0 Å². The molecule has 0 N–H and O–H groups in total. The molecular weight excluding hydrogens is 829 g/mol. The average molecular weight is 877 g/mol. The predicted molar refractivity (Wildman–Crippen MR) is 216 cm³/mol. The first-order valence-electron chi connectivity index (χ1n) is 18.5. The fourth-order valence-electron chi connectivity index (χ4n) is 7.51. The molecule has 267 valence electrons. The van der Waals surface area contributed by atoms with Crippen molar-refractivity contribution < 1.29 is 24.5 Å². The van der Waals surface area contributed by atoms with Crippen molar-refractivity contribution in [3.8, 4) is 22.5 Å². The van der Waals surface area contributed by atoms with Gasteiger partial charge in [-0.3, -0.25) is 0 Å². The normalized spacial score (nSPS) is 13.7. The van der Waals surface area contributed by atoms with Crippen molar-refractivity contribution in [1.29, 1.82) is 0 Å². The van der Waals surface area contributed by atoms with Crippen molar-refractivity contribution in [2.24, 2.45) is 5.92 Å². The molecule has 0 aliphatic heterocycles. The molecule has 4 aromatic carbocycles. The first-order valence-corrected chi connectivity index (χ1v) is 22.0. The van der Waals surface area contributed by atoms with Crippen LogP contribution in [0.3, 0.4) is 0 Å². The topological polar surface area (TPSA) is 38.9 Å². The SMILES string of the molecule is CC(C)(c1ccccc1)c1ccc[c-]c1-c1ccc([Si](C)(C)C)cn1.[Ir].[c-]1ccc2c(oc3ccccc32)c1-c1cc(CC2CCCCC2)ccn1. The summed E-state index contributed by atoms with van der Waals surface area (Å²) in [6, 6.07) is 44.8. The van der Waals surface area contributed by atoms with E-state index < -0.39 is 8.07 Å². The number of fused-ring (bicyclic) bond motifs is 3. The number of para-hydroxylation sites is 1. The van der Waals surface area contributed by atoms with Crippen LogP contribution in [0.4, 0.5) is 0 Å². The summed E-state index contributed by atoms with van der Waals surface area (Å²) in [6.45, 7) is 11.6. The molecule has 3 heterocycles. The molecule has 0 bridgehead atoms. The number of benzene rings is 4. The number of furan rings is 1. The molecule has 52 heavy (non-hydrogen) atoms. The first-order chi connectivity index (χ1) is 24.7. The summed E-state index contributed by atoms with van der Waals surface area (Å²) in [5.41, 5.74) is 9.66. The van der Waals surface area contributed by atoms with Gasteiger partial charge in [-0.15, -0.1) is 53.6 Å². The molecule has 1 radical (unpaired) electrons. The second-order valence-electron chi connectivity index (χ2n) is 15.6. The van der Waals surface area contributed by atoms with E-state index in [-0.39, 0.29) is 25.5 Å². The molecule has 0 atom stereocenters. The molecule has 1 fully saturated rings. The number of nitrogens with zero attached hydrogens (tertiary/aromatic N) is 2. The Morgan fingerprint density at radius 1 is 0.731 bits per heavy atom. The van der Waals surface area contributed by atoms with Gasteiger partial charge >= 0.3 is 0 Å². The summed E-state index contributed by atoms with van der Waals surface area (Å²) in [7, 11) is -1.33. The Kier molecular flexibility index (Phi) is 11.7. The number of hydrogen-bond donors (Lipinski definition) is 0. The molecule has 0 amide bonds. The van der Waals surface area contributed by atoms with Gasteiger partial charge in [-0.05, 0) is 52.0 Å². The van der Waals surface area contributed by atoms with Crippen LogP contribution in [0.1, 0.15) is 62.6 Å². The zero-order valence-electron chi connectivity index (χ0n) is 31.0. The molecule has 0 unspecified atom stereocenters. The van der Waals surface area contributed by atoms with Gasteiger partial charge in [-0.1, -0.05) is 149 Å². The summed E-state index contributed by atoms with van der Waals surface area (Å²) < 4.78 is 6.16. The van der Waals surface area contributed by atoms with Crippen LogP contribution < -0.4 is 5.19 Å². The molecule has 3 nitrogen and oxygen atoms in total. The maximum Gasteiger partial charge on any atom is 0.120 e. The first kappa shape index (κ1) is 37.6. The van der Waals surface area contributed by atoms with Crippen LogP contribution in [0.2, 0.25) is 19.6 Å². The van der Waals surface area contributed by atoms with E-state index in [1.807, 2.05) is 30.5 Å². The van der Waals surface area contributed by atoms with Crippen LogP contribution in [-0.4, -0.2) is 18.0 Å². The van der Waals surface area contributed by atoms with Crippen LogP contribution in [0.15, 0.2) is 126 Å². The smallest absolute Gasteiger partial charge is 0.120 e. The van der Waals surface area contributed by atoms with Gasteiger partial charge in [0.15, 0.2) is 0 Å². The zero-order chi connectivity index (χ0) is 35.4. The molecule has 5 heteroatoms. The Morgan fingerprint density at radius 3 is 2.23 bits per heavy atom. The standard InChI is InChI=1S/C24H22NO.C23H26NSi.Ir/c1-2-7-17(8-3-1)15-18-13-14-25-22(16-18)21-11-6-10-20-19-9-4-5-12-23(19)26-24(20)21;1-23(2,18-11-7-6-8-12-18)21-14-10-9-13-20(21)22-16-15-19(17-24-22)25(3,4)5;/h4-6,9-10,12-14,16-17H,1-3,7-8,15H2;6-12,14-17H,1-5H3;/q2*-1;. The van der Waals surface area contributed by atoms with Crippen molar-refractivity contribution in [2.75, 3.05) is 0 Å². The largest absolute Gasteiger partial charge is 0.501 e. The van der Waals surface area contributed by atoms with Crippen LogP contribution in [0.5, 0.6) is 0 Å². The minimum atomic E-state index is -1.33. The predicted octanol–water partition coefficient (Wildman–Crippen LogP) is 12.0. The van der Waals surface area contributed by atoms with Crippen molar-refractivity contribution in [2.45, 2.75) is 77.4 Å². The van der Waals surface area contributed by atoms with Gasteiger partial charge in [0.05, 0.1) is 13.7 Å². The third-order valence-electron chi connectivity index (χ3n) is 10.6. The maximum atomic E-state index is 6.16. The van der Waals surface area contributed by atoms with E-state index in [1.54, 1.807) is 0 Å². The second-order valence-corrected chi connectivity index (χ2v) is 20.7. The van der Waals surface area contributed by atoms with Crippen molar-refractivity contribution in [1.82, 2.24) is 9.97 Å². The van der Waals surface area contributed by atoms with E-state index >= 15 is 0 Å². The molecule has 8 rings (SSSR count). The van der Waals surface area contributed by atoms with E-state index in [0.29, 0.717) is 0 Å². The van der Waals surface area contributed by atoms with Crippen molar-refractivity contribution >= 4 is 35.2 Å². The molecule has 3 aromatic heterocycles. The fraction of sp³-hybridized carbons (Fsp3) is 0.277. The van der Waals surface area contributed by atoms with Gasteiger partial charge in [0, 0.05) is 37.9 Å². The third kappa shape index (κ3) is 8.23. The van der Waals surface area contributed by atoms with E-state index in [9.17, 15) is 0 Å². The van der Waals surface area contributed by atoms with E-state index in [0.717, 1.165) is 56.8 Å². The van der Waals surface area contributed by atoms with Gasteiger partial charge in [0.1, 0.15) is 5.58 Å². The molecule has 0 spiro atoms.